The van der Waals surface area contributed by atoms with Crippen molar-refractivity contribution in [3.63, 3.8) is 0 Å². The van der Waals surface area contributed by atoms with E-state index in [9.17, 15) is 4.79 Å². The molecule has 2 rings (SSSR count). The van der Waals surface area contributed by atoms with Crippen molar-refractivity contribution >= 4 is 11.7 Å². The molecule has 0 bridgehead atoms. The Kier molecular flexibility index (Phi) is 5.59. The maximum Gasteiger partial charge on any atom is 0.322 e. The van der Waals surface area contributed by atoms with Gasteiger partial charge in [-0.15, -0.1) is 0 Å². The van der Waals surface area contributed by atoms with E-state index in [1.165, 1.54) is 0 Å². The Labute approximate surface area is 126 Å². The van der Waals surface area contributed by atoms with E-state index in [1.54, 1.807) is 7.11 Å². The van der Waals surface area contributed by atoms with Crippen LogP contribution in [0.1, 0.15) is 31.9 Å². The first-order valence-electron chi connectivity index (χ1n) is 7.43. The topological polar surface area (TPSA) is 50.8 Å². The van der Waals surface area contributed by atoms with Crippen molar-refractivity contribution in [2.24, 2.45) is 0 Å². The summed E-state index contributed by atoms with van der Waals surface area (Å²) in [4.78, 5) is 14.3. The molecular formula is C16H24N2O3. The maximum absolute atomic E-state index is 12.4. The summed E-state index contributed by atoms with van der Waals surface area (Å²) in [6, 6.07) is 7.86. The Balaban J connectivity index is 2.05. The third-order valence-corrected chi connectivity index (χ3v) is 3.92. The number of ether oxygens (including phenoxy) is 2. The van der Waals surface area contributed by atoms with Gasteiger partial charge in [0, 0.05) is 19.3 Å². The van der Waals surface area contributed by atoms with E-state index in [4.69, 9.17) is 9.47 Å². The van der Waals surface area contributed by atoms with Gasteiger partial charge < -0.3 is 19.7 Å². The van der Waals surface area contributed by atoms with Gasteiger partial charge in [0.25, 0.3) is 0 Å². The number of amides is 2. The lowest BCUT2D eigenvalue weighted by molar-refractivity contribution is 0.0144. The molecule has 0 spiro atoms. The number of anilines is 1. The van der Waals surface area contributed by atoms with Crippen LogP contribution in [0.2, 0.25) is 0 Å². The van der Waals surface area contributed by atoms with Gasteiger partial charge in [0.15, 0.2) is 0 Å². The Morgan fingerprint density at radius 1 is 1.57 bits per heavy atom. The van der Waals surface area contributed by atoms with Gasteiger partial charge in [-0.3, -0.25) is 0 Å². The molecule has 1 heterocycles. The first kappa shape index (κ1) is 15.8. The van der Waals surface area contributed by atoms with Gasteiger partial charge in [-0.25, -0.2) is 4.79 Å². The number of carbonyl (C=O) groups is 1. The molecule has 1 aromatic rings. The van der Waals surface area contributed by atoms with Crippen molar-refractivity contribution in [2.75, 3.05) is 32.2 Å². The highest BCUT2D eigenvalue weighted by atomic mass is 16.5. The molecule has 2 atom stereocenters. The number of nitrogens with one attached hydrogen (secondary N) is 1. The van der Waals surface area contributed by atoms with Gasteiger partial charge >= 0.3 is 6.03 Å². The summed E-state index contributed by atoms with van der Waals surface area (Å²) in [6.45, 7) is 5.91. The van der Waals surface area contributed by atoms with Crippen LogP contribution in [0.25, 0.3) is 0 Å². The molecule has 2 amide bonds. The third-order valence-electron chi connectivity index (χ3n) is 3.92. The summed E-state index contributed by atoms with van der Waals surface area (Å²) in [5, 5.41) is 2.97. The summed E-state index contributed by atoms with van der Waals surface area (Å²) >= 11 is 0. The highest BCUT2D eigenvalue weighted by Gasteiger charge is 2.25. The van der Waals surface area contributed by atoms with Gasteiger partial charge in [0.2, 0.25) is 0 Å². The number of urea groups is 1. The standard InChI is InChI=1S/C16H24N2O3/c1-4-15-11-21-9-8-18(15)16(19)17-14-7-5-6-13(10-14)12(2)20-3/h5-7,10,12,15H,4,8-9,11H2,1-3H3,(H,17,19). The van der Waals surface area contributed by atoms with Gasteiger partial charge in [-0.05, 0) is 31.0 Å². The predicted octanol–water partition coefficient (Wildman–Crippen LogP) is 3.04. The largest absolute Gasteiger partial charge is 0.377 e. The summed E-state index contributed by atoms with van der Waals surface area (Å²) in [5.74, 6) is 0. The van der Waals surface area contributed by atoms with Crippen LogP contribution in [0, 0.1) is 0 Å². The number of nitrogens with zero attached hydrogens (tertiary/aromatic N) is 1. The van der Waals surface area contributed by atoms with Crippen molar-refractivity contribution < 1.29 is 14.3 Å². The van der Waals surface area contributed by atoms with Crippen LogP contribution in [0.4, 0.5) is 10.5 Å². The van der Waals surface area contributed by atoms with Crippen LogP contribution in [-0.4, -0.2) is 43.8 Å². The molecule has 116 valence electrons. The molecule has 5 nitrogen and oxygen atoms in total. The number of methoxy groups -OCH3 is 1. The Morgan fingerprint density at radius 3 is 3.10 bits per heavy atom. The van der Waals surface area contributed by atoms with Gasteiger partial charge in [0.1, 0.15) is 0 Å². The van der Waals surface area contributed by atoms with Crippen LogP contribution >= 0.6 is 0 Å². The minimum Gasteiger partial charge on any atom is -0.377 e. The fraction of sp³-hybridized carbons (Fsp3) is 0.562. The van der Waals surface area contributed by atoms with Crippen molar-refractivity contribution in [3.8, 4) is 0 Å². The average molecular weight is 292 g/mol. The molecule has 1 aromatic carbocycles. The molecule has 1 fully saturated rings. The first-order valence-corrected chi connectivity index (χ1v) is 7.43. The highest BCUT2D eigenvalue weighted by Crippen LogP contribution is 2.20. The zero-order chi connectivity index (χ0) is 15.2. The number of rotatable bonds is 4. The lowest BCUT2D eigenvalue weighted by Crippen LogP contribution is -2.50. The Bertz CT molecular complexity index is 478. The maximum atomic E-state index is 12.4. The third kappa shape index (κ3) is 3.95. The van der Waals surface area contributed by atoms with Crippen LogP contribution in [0.15, 0.2) is 24.3 Å². The van der Waals surface area contributed by atoms with E-state index in [2.05, 4.69) is 12.2 Å². The normalized spacial score (nSPS) is 20.1. The second-order valence-corrected chi connectivity index (χ2v) is 5.26. The van der Waals surface area contributed by atoms with Crippen LogP contribution < -0.4 is 5.32 Å². The zero-order valence-corrected chi connectivity index (χ0v) is 13.0. The summed E-state index contributed by atoms with van der Waals surface area (Å²) in [6.07, 6.45) is 0.905. The predicted molar refractivity (Wildman–Crippen MR) is 82.5 cm³/mol. The monoisotopic (exact) mass is 292 g/mol. The Hall–Kier alpha value is -1.59. The van der Waals surface area contributed by atoms with Crippen LogP contribution in [-0.2, 0) is 9.47 Å². The minimum absolute atomic E-state index is 0.00799. The molecule has 1 aliphatic heterocycles. The van der Waals surface area contributed by atoms with Crippen molar-refractivity contribution in [3.05, 3.63) is 29.8 Å². The fourth-order valence-electron chi connectivity index (χ4n) is 2.46. The van der Waals surface area contributed by atoms with E-state index in [1.807, 2.05) is 36.1 Å². The molecule has 21 heavy (non-hydrogen) atoms. The summed E-state index contributed by atoms with van der Waals surface area (Å²) < 4.78 is 10.7. The van der Waals surface area contributed by atoms with Crippen LogP contribution in [0.3, 0.4) is 0 Å². The lowest BCUT2D eigenvalue weighted by atomic mass is 10.1. The molecular weight excluding hydrogens is 268 g/mol. The van der Waals surface area contributed by atoms with Crippen molar-refractivity contribution in [1.29, 1.82) is 0 Å². The number of morpholine rings is 1. The van der Waals surface area contributed by atoms with Crippen molar-refractivity contribution in [2.45, 2.75) is 32.4 Å². The smallest absolute Gasteiger partial charge is 0.322 e. The number of benzene rings is 1. The van der Waals surface area contributed by atoms with Crippen molar-refractivity contribution in [1.82, 2.24) is 4.90 Å². The number of hydrogen-bond donors (Lipinski definition) is 1. The molecule has 0 radical (unpaired) electrons. The quantitative estimate of drug-likeness (QED) is 0.928. The first-order chi connectivity index (χ1) is 10.2. The van der Waals surface area contributed by atoms with Gasteiger partial charge in [0.05, 0.1) is 25.4 Å². The molecule has 2 unspecified atom stereocenters. The molecule has 5 heteroatoms. The minimum atomic E-state index is -0.0626. The number of carbonyl (C=O) groups excluding carboxylic acids is 1. The highest BCUT2D eigenvalue weighted by molar-refractivity contribution is 5.89. The van der Waals surface area contributed by atoms with Gasteiger partial charge in [-0.2, -0.15) is 0 Å². The molecule has 0 saturated carbocycles. The average Bonchev–Trinajstić information content (AvgIpc) is 2.54. The lowest BCUT2D eigenvalue weighted by Gasteiger charge is -2.35. The van der Waals surface area contributed by atoms with Gasteiger partial charge in [-0.1, -0.05) is 19.1 Å². The van der Waals surface area contributed by atoms with E-state index in [0.29, 0.717) is 19.8 Å². The van der Waals surface area contributed by atoms with E-state index in [0.717, 1.165) is 17.7 Å². The SMILES string of the molecule is CCC1COCCN1C(=O)Nc1cccc(C(C)OC)c1. The Morgan fingerprint density at radius 2 is 2.38 bits per heavy atom. The number of hydrogen-bond acceptors (Lipinski definition) is 3. The van der Waals surface area contributed by atoms with E-state index in [-0.39, 0.29) is 18.2 Å². The molecule has 1 saturated heterocycles. The summed E-state index contributed by atoms with van der Waals surface area (Å²) in [5.41, 5.74) is 1.84. The zero-order valence-electron chi connectivity index (χ0n) is 13.0. The molecule has 0 aliphatic carbocycles. The van der Waals surface area contributed by atoms with E-state index < -0.39 is 0 Å². The fourth-order valence-corrected chi connectivity index (χ4v) is 2.46. The summed E-state index contributed by atoms with van der Waals surface area (Å²) in [7, 11) is 1.68. The molecule has 1 N–H and O–H groups in total. The second kappa shape index (κ2) is 7.43. The molecule has 1 aliphatic rings. The second-order valence-electron chi connectivity index (χ2n) is 5.26. The molecule has 0 aromatic heterocycles. The van der Waals surface area contributed by atoms with E-state index >= 15 is 0 Å². The van der Waals surface area contributed by atoms with Crippen LogP contribution in [0.5, 0.6) is 0 Å².